The Morgan fingerprint density at radius 2 is 1.76 bits per heavy atom. The molecule has 0 aliphatic carbocycles. The number of aliphatic imine (C=N–C) groups is 1. The molecule has 10 nitrogen and oxygen atoms in total. The van der Waals surface area contributed by atoms with Crippen molar-refractivity contribution in [3.05, 3.63) is 62.6 Å². The maximum Gasteiger partial charge on any atom is 0.338 e. The first-order chi connectivity index (χ1) is 13.7. The lowest BCUT2D eigenvalue weighted by atomic mass is 9.80. The highest BCUT2D eigenvalue weighted by molar-refractivity contribution is 6.00. The summed E-state index contributed by atoms with van der Waals surface area (Å²) in [6.07, 6.45) is 1.46. The molecule has 1 unspecified atom stereocenters. The molecule has 1 aliphatic heterocycles. The molecule has 0 aromatic heterocycles. The van der Waals surface area contributed by atoms with E-state index in [1.807, 2.05) is 0 Å². The first kappa shape index (κ1) is 21.6. The molecule has 1 N–H and O–H groups in total. The molecule has 1 aromatic carbocycles. The molecule has 10 heteroatoms. The van der Waals surface area contributed by atoms with Crippen LogP contribution in [0, 0.1) is 10.1 Å². The summed E-state index contributed by atoms with van der Waals surface area (Å²) in [4.78, 5) is 42.2. The Hall–Kier alpha value is -3.69. The van der Waals surface area contributed by atoms with Gasteiger partial charge in [0, 0.05) is 31.4 Å². The number of carbonyl (C=O) groups excluding carboxylic acids is 2. The molecule has 1 atom stereocenters. The number of methoxy groups -OCH3 is 2. The lowest BCUT2D eigenvalue weighted by Gasteiger charge is -2.29. The van der Waals surface area contributed by atoms with E-state index in [0.29, 0.717) is 5.70 Å². The van der Waals surface area contributed by atoms with Gasteiger partial charge in [0.15, 0.2) is 0 Å². The second kappa shape index (κ2) is 9.00. The van der Waals surface area contributed by atoms with Crippen LogP contribution in [0.25, 0.3) is 0 Å². The van der Waals surface area contributed by atoms with Crippen molar-refractivity contribution >= 4 is 24.0 Å². The number of rotatable bonds is 6. The number of nitrogens with zero attached hydrogens (tertiary/aromatic N) is 3. The number of allylic oxidation sites excluding steroid dienone is 1. The first-order valence-corrected chi connectivity index (χ1v) is 8.55. The fourth-order valence-electron chi connectivity index (χ4n) is 3.00. The molecule has 2 rings (SSSR count). The van der Waals surface area contributed by atoms with Crippen LogP contribution in [0.1, 0.15) is 18.4 Å². The second-order valence-corrected chi connectivity index (χ2v) is 6.37. The van der Waals surface area contributed by atoms with Crippen molar-refractivity contribution in [3.8, 4) is 0 Å². The van der Waals surface area contributed by atoms with Crippen molar-refractivity contribution in [2.75, 3.05) is 28.3 Å². The molecule has 29 heavy (non-hydrogen) atoms. The third-order valence-corrected chi connectivity index (χ3v) is 4.22. The van der Waals surface area contributed by atoms with Gasteiger partial charge in [0.25, 0.3) is 5.69 Å². The fourth-order valence-corrected chi connectivity index (χ4v) is 3.00. The Morgan fingerprint density at radius 1 is 1.17 bits per heavy atom. The molecule has 1 heterocycles. The van der Waals surface area contributed by atoms with Crippen molar-refractivity contribution < 1.29 is 24.0 Å². The molecule has 0 amide bonds. The van der Waals surface area contributed by atoms with Crippen LogP contribution in [0.4, 0.5) is 5.69 Å². The van der Waals surface area contributed by atoms with Gasteiger partial charge in [-0.1, -0.05) is 18.2 Å². The van der Waals surface area contributed by atoms with E-state index >= 15 is 0 Å². The minimum Gasteiger partial charge on any atom is -0.466 e. The number of hydrogen-bond acceptors (Lipinski definition) is 8. The highest BCUT2D eigenvalue weighted by Gasteiger charge is 2.41. The van der Waals surface area contributed by atoms with Crippen molar-refractivity contribution in [2.24, 2.45) is 4.99 Å². The van der Waals surface area contributed by atoms with Gasteiger partial charge in [-0.3, -0.25) is 10.1 Å². The van der Waals surface area contributed by atoms with Crippen LogP contribution in [0.3, 0.4) is 0 Å². The van der Waals surface area contributed by atoms with Gasteiger partial charge in [-0.15, -0.1) is 0 Å². The normalized spacial score (nSPS) is 16.5. The number of esters is 2. The molecule has 1 aliphatic rings. The SMILES string of the molecule is COC(=O)C1=C(C)NC(N=CN(C)C)=C(C(=O)OC)C1c1ccccc1[N+](=O)[O-]. The number of para-hydroxylation sites is 1. The van der Waals surface area contributed by atoms with Crippen LogP contribution in [0.2, 0.25) is 0 Å². The molecule has 1 aromatic rings. The summed E-state index contributed by atoms with van der Waals surface area (Å²) in [5, 5.41) is 14.5. The first-order valence-electron chi connectivity index (χ1n) is 8.55. The Bertz CT molecular complexity index is 932. The highest BCUT2D eigenvalue weighted by Crippen LogP contribution is 2.42. The summed E-state index contributed by atoms with van der Waals surface area (Å²) in [5.74, 6) is -2.48. The van der Waals surface area contributed by atoms with Crippen LogP contribution >= 0.6 is 0 Å². The number of hydrogen-bond donors (Lipinski definition) is 1. The van der Waals surface area contributed by atoms with Crippen LogP contribution in [0.5, 0.6) is 0 Å². The van der Waals surface area contributed by atoms with Gasteiger partial charge in [-0.25, -0.2) is 14.6 Å². The van der Waals surface area contributed by atoms with Crippen LogP contribution < -0.4 is 5.32 Å². The Morgan fingerprint density at radius 3 is 2.31 bits per heavy atom. The molecular weight excluding hydrogens is 380 g/mol. The van der Waals surface area contributed by atoms with Crippen molar-refractivity contribution in [1.82, 2.24) is 10.2 Å². The number of ether oxygens (including phenoxy) is 2. The monoisotopic (exact) mass is 402 g/mol. The molecule has 154 valence electrons. The lowest BCUT2D eigenvalue weighted by Crippen LogP contribution is -2.33. The van der Waals surface area contributed by atoms with E-state index in [-0.39, 0.29) is 28.2 Å². The van der Waals surface area contributed by atoms with Gasteiger partial charge in [0.2, 0.25) is 0 Å². The van der Waals surface area contributed by atoms with Crippen LogP contribution in [-0.4, -0.2) is 56.4 Å². The Labute approximate surface area is 167 Å². The Kier molecular flexibility index (Phi) is 6.71. The predicted octanol–water partition coefficient (Wildman–Crippen LogP) is 1.70. The topological polar surface area (TPSA) is 123 Å². The number of dihydropyridines is 1. The van der Waals surface area contributed by atoms with Gasteiger partial charge in [0.05, 0.1) is 42.5 Å². The summed E-state index contributed by atoms with van der Waals surface area (Å²) in [7, 11) is 5.86. The van der Waals surface area contributed by atoms with Crippen LogP contribution in [-0.2, 0) is 19.1 Å². The zero-order valence-corrected chi connectivity index (χ0v) is 16.8. The standard InChI is InChI=1S/C19H22N4O6/c1-11-14(18(24)28-4)15(12-8-6-7-9-13(12)23(26)27)16(19(25)29-5)17(21-11)20-10-22(2)3/h6-10,15,21H,1-5H3. The van der Waals surface area contributed by atoms with Gasteiger partial charge in [-0.2, -0.15) is 0 Å². The molecular formula is C19H22N4O6. The highest BCUT2D eigenvalue weighted by atomic mass is 16.6. The smallest absolute Gasteiger partial charge is 0.338 e. The molecule has 0 saturated heterocycles. The minimum atomic E-state index is -1.10. The van der Waals surface area contributed by atoms with Gasteiger partial charge >= 0.3 is 11.9 Å². The van der Waals surface area contributed by atoms with E-state index in [2.05, 4.69) is 10.3 Å². The van der Waals surface area contributed by atoms with Gasteiger partial charge in [-0.05, 0) is 6.92 Å². The summed E-state index contributed by atoms with van der Waals surface area (Å²) in [5.41, 5.74) is 0.290. The number of carbonyl (C=O) groups is 2. The molecule has 0 radical (unpaired) electrons. The van der Waals surface area contributed by atoms with Crippen molar-refractivity contribution in [1.29, 1.82) is 0 Å². The summed E-state index contributed by atoms with van der Waals surface area (Å²) in [6.45, 7) is 1.60. The molecule has 0 saturated carbocycles. The predicted molar refractivity (Wildman–Crippen MR) is 105 cm³/mol. The number of benzene rings is 1. The number of nitro groups is 1. The maximum absolute atomic E-state index is 12.7. The van der Waals surface area contributed by atoms with E-state index in [0.717, 1.165) is 0 Å². The average Bonchev–Trinajstić information content (AvgIpc) is 2.70. The fraction of sp³-hybridized carbons (Fsp3) is 0.316. The summed E-state index contributed by atoms with van der Waals surface area (Å²) in [6, 6.07) is 5.88. The summed E-state index contributed by atoms with van der Waals surface area (Å²) < 4.78 is 9.79. The zero-order valence-electron chi connectivity index (χ0n) is 16.8. The average molecular weight is 402 g/mol. The van der Waals surface area contributed by atoms with Crippen molar-refractivity contribution in [2.45, 2.75) is 12.8 Å². The van der Waals surface area contributed by atoms with E-state index in [9.17, 15) is 19.7 Å². The third-order valence-electron chi connectivity index (χ3n) is 4.22. The Balaban J connectivity index is 2.87. The van der Waals surface area contributed by atoms with Crippen LogP contribution in [0.15, 0.2) is 51.9 Å². The zero-order chi connectivity index (χ0) is 21.7. The maximum atomic E-state index is 12.7. The second-order valence-electron chi connectivity index (χ2n) is 6.37. The van der Waals surface area contributed by atoms with E-state index in [4.69, 9.17) is 9.47 Å². The number of nitro benzene ring substituents is 1. The van der Waals surface area contributed by atoms with E-state index in [1.54, 1.807) is 32.0 Å². The lowest BCUT2D eigenvalue weighted by molar-refractivity contribution is -0.385. The third kappa shape index (κ3) is 4.42. The van der Waals surface area contributed by atoms with Gasteiger partial charge in [0.1, 0.15) is 5.82 Å². The summed E-state index contributed by atoms with van der Waals surface area (Å²) >= 11 is 0. The molecule has 0 bridgehead atoms. The van der Waals surface area contributed by atoms with E-state index < -0.39 is 22.8 Å². The quantitative estimate of drug-likeness (QED) is 0.251. The largest absolute Gasteiger partial charge is 0.466 e. The van der Waals surface area contributed by atoms with Crippen molar-refractivity contribution in [3.63, 3.8) is 0 Å². The molecule has 0 spiro atoms. The van der Waals surface area contributed by atoms with Gasteiger partial charge < -0.3 is 19.7 Å². The van der Waals surface area contributed by atoms with E-state index in [1.165, 1.54) is 38.8 Å². The molecule has 0 fully saturated rings. The minimum absolute atomic E-state index is 0.0362. The number of nitrogens with one attached hydrogen (secondary N) is 1.